The number of methoxy groups -OCH3 is 1. The maximum atomic E-state index is 9.64. The molecule has 0 amide bonds. The minimum Gasteiger partial charge on any atom is -0.504 e. The molecule has 20 heavy (non-hydrogen) atoms. The molecule has 0 aliphatic heterocycles. The minimum absolute atomic E-state index is 0.106. The molecule has 2 aromatic rings. The Morgan fingerprint density at radius 2 is 2.05 bits per heavy atom. The van der Waals surface area contributed by atoms with E-state index in [0.717, 1.165) is 29.9 Å². The van der Waals surface area contributed by atoms with Gasteiger partial charge in [-0.3, -0.25) is 0 Å². The first-order valence-electron chi connectivity index (χ1n) is 6.61. The van der Waals surface area contributed by atoms with E-state index in [-0.39, 0.29) is 5.75 Å². The van der Waals surface area contributed by atoms with Gasteiger partial charge in [-0.1, -0.05) is 13.3 Å². The summed E-state index contributed by atoms with van der Waals surface area (Å²) in [4.78, 5) is 9.01. The van der Waals surface area contributed by atoms with Crippen LogP contribution in [0, 0.1) is 0 Å². The molecule has 2 N–H and O–H groups in total. The summed E-state index contributed by atoms with van der Waals surface area (Å²) in [5.74, 6) is 1.93. The van der Waals surface area contributed by atoms with Crippen molar-refractivity contribution in [2.24, 2.45) is 0 Å². The molecule has 2 rings (SSSR count). The van der Waals surface area contributed by atoms with Crippen LogP contribution >= 0.6 is 0 Å². The zero-order valence-electron chi connectivity index (χ0n) is 12.0. The third-order valence-corrected chi connectivity index (χ3v) is 2.98. The first kappa shape index (κ1) is 14.1. The highest BCUT2D eigenvalue weighted by Crippen LogP contribution is 2.30. The zero-order chi connectivity index (χ0) is 14.5. The maximum absolute atomic E-state index is 9.64. The molecule has 1 heterocycles. The Labute approximate surface area is 118 Å². The molecule has 0 saturated heterocycles. The van der Waals surface area contributed by atoms with Gasteiger partial charge in [-0.05, 0) is 24.6 Å². The summed E-state index contributed by atoms with van der Waals surface area (Å²) in [6, 6.07) is 7.05. The van der Waals surface area contributed by atoms with Crippen molar-refractivity contribution in [2.75, 3.05) is 19.5 Å². The van der Waals surface area contributed by atoms with Crippen LogP contribution in [0.15, 0.2) is 24.3 Å². The van der Waals surface area contributed by atoms with Crippen molar-refractivity contribution in [3.8, 4) is 22.9 Å². The number of aromatic hydroxyl groups is 1. The molecule has 0 spiro atoms. The van der Waals surface area contributed by atoms with Gasteiger partial charge in [0, 0.05) is 24.4 Å². The third kappa shape index (κ3) is 2.99. The van der Waals surface area contributed by atoms with E-state index < -0.39 is 0 Å². The van der Waals surface area contributed by atoms with Crippen LogP contribution < -0.4 is 10.1 Å². The smallest absolute Gasteiger partial charge is 0.161 e. The third-order valence-electron chi connectivity index (χ3n) is 2.98. The van der Waals surface area contributed by atoms with Crippen molar-refractivity contribution in [3.63, 3.8) is 0 Å². The van der Waals surface area contributed by atoms with Crippen LogP contribution in [-0.4, -0.2) is 29.2 Å². The molecule has 0 atom stereocenters. The Morgan fingerprint density at radius 1 is 1.25 bits per heavy atom. The molecule has 106 valence electrons. The average Bonchev–Trinajstić information content (AvgIpc) is 2.47. The number of phenols is 1. The molecule has 1 aromatic carbocycles. The van der Waals surface area contributed by atoms with Gasteiger partial charge in [0.15, 0.2) is 17.3 Å². The number of hydrogen-bond acceptors (Lipinski definition) is 5. The van der Waals surface area contributed by atoms with E-state index in [9.17, 15) is 5.11 Å². The minimum atomic E-state index is 0.106. The summed E-state index contributed by atoms with van der Waals surface area (Å²) < 4.78 is 5.12. The number of benzene rings is 1. The van der Waals surface area contributed by atoms with E-state index in [2.05, 4.69) is 22.2 Å². The van der Waals surface area contributed by atoms with Gasteiger partial charge < -0.3 is 15.2 Å². The number of anilines is 1. The lowest BCUT2D eigenvalue weighted by Gasteiger charge is -2.09. The quantitative estimate of drug-likeness (QED) is 0.876. The van der Waals surface area contributed by atoms with Crippen molar-refractivity contribution in [3.05, 3.63) is 30.0 Å². The van der Waals surface area contributed by atoms with E-state index in [1.54, 1.807) is 18.2 Å². The summed E-state index contributed by atoms with van der Waals surface area (Å²) in [6.07, 6.45) is 1.93. The van der Waals surface area contributed by atoms with Gasteiger partial charge in [-0.2, -0.15) is 0 Å². The van der Waals surface area contributed by atoms with Crippen LogP contribution in [0.4, 0.5) is 5.82 Å². The van der Waals surface area contributed by atoms with Gasteiger partial charge in [-0.25, -0.2) is 9.97 Å². The van der Waals surface area contributed by atoms with Crippen molar-refractivity contribution in [2.45, 2.75) is 19.8 Å². The molecular formula is C15H19N3O2. The van der Waals surface area contributed by atoms with Gasteiger partial charge in [0.25, 0.3) is 0 Å². The molecule has 0 aliphatic rings. The number of nitrogens with one attached hydrogen (secondary N) is 1. The Kier molecular flexibility index (Phi) is 4.40. The fourth-order valence-corrected chi connectivity index (χ4v) is 1.96. The van der Waals surface area contributed by atoms with E-state index >= 15 is 0 Å². The lowest BCUT2D eigenvalue weighted by Crippen LogP contribution is -2.01. The van der Waals surface area contributed by atoms with Crippen molar-refractivity contribution in [1.82, 2.24) is 9.97 Å². The molecule has 5 nitrogen and oxygen atoms in total. The molecule has 0 fully saturated rings. The first-order valence-corrected chi connectivity index (χ1v) is 6.61. The van der Waals surface area contributed by atoms with E-state index in [1.807, 2.05) is 13.1 Å². The monoisotopic (exact) mass is 273 g/mol. The normalized spacial score (nSPS) is 10.3. The molecule has 5 heteroatoms. The van der Waals surface area contributed by atoms with Crippen molar-refractivity contribution >= 4 is 5.82 Å². The Bertz CT molecular complexity index is 600. The number of aromatic nitrogens is 2. The van der Waals surface area contributed by atoms with E-state index in [0.29, 0.717) is 11.6 Å². The SMILES string of the molecule is CCCc1cc(NC)nc(-c2ccc(O)c(OC)c2)n1. The number of rotatable bonds is 5. The zero-order valence-corrected chi connectivity index (χ0v) is 12.0. The molecular weight excluding hydrogens is 254 g/mol. The second-order valence-corrected chi connectivity index (χ2v) is 4.45. The van der Waals surface area contributed by atoms with Crippen LogP contribution in [-0.2, 0) is 6.42 Å². The Balaban J connectivity index is 2.47. The number of phenolic OH excluding ortho intramolecular Hbond substituents is 1. The van der Waals surface area contributed by atoms with Crippen molar-refractivity contribution < 1.29 is 9.84 Å². The largest absolute Gasteiger partial charge is 0.504 e. The van der Waals surface area contributed by atoms with Gasteiger partial charge in [-0.15, -0.1) is 0 Å². The lowest BCUT2D eigenvalue weighted by atomic mass is 10.1. The molecule has 0 saturated carbocycles. The second-order valence-electron chi connectivity index (χ2n) is 4.45. The van der Waals surface area contributed by atoms with Gasteiger partial charge >= 0.3 is 0 Å². The second kappa shape index (κ2) is 6.23. The lowest BCUT2D eigenvalue weighted by molar-refractivity contribution is 0.373. The van der Waals surface area contributed by atoms with Gasteiger partial charge in [0.2, 0.25) is 0 Å². The molecule has 1 aromatic heterocycles. The summed E-state index contributed by atoms with van der Waals surface area (Å²) in [5.41, 5.74) is 1.81. The van der Waals surface area contributed by atoms with Crippen LogP contribution in [0.3, 0.4) is 0 Å². The summed E-state index contributed by atoms with van der Waals surface area (Å²) in [5, 5.41) is 12.7. The van der Waals surface area contributed by atoms with Gasteiger partial charge in [0.05, 0.1) is 7.11 Å². The highest BCUT2D eigenvalue weighted by molar-refractivity contribution is 5.62. The maximum Gasteiger partial charge on any atom is 0.161 e. The summed E-state index contributed by atoms with van der Waals surface area (Å²) in [6.45, 7) is 2.12. The van der Waals surface area contributed by atoms with E-state index in [1.165, 1.54) is 7.11 Å². The van der Waals surface area contributed by atoms with Crippen molar-refractivity contribution in [1.29, 1.82) is 0 Å². The number of aryl methyl sites for hydroxylation is 1. The fraction of sp³-hybridized carbons (Fsp3) is 0.333. The van der Waals surface area contributed by atoms with Crippen LogP contribution in [0.25, 0.3) is 11.4 Å². The molecule has 0 radical (unpaired) electrons. The molecule has 0 bridgehead atoms. The van der Waals surface area contributed by atoms with Crippen LogP contribution in [0.2, 0.25) is 0 Å². The topological polar surface area (TPSA) is 67.3 Å². The number of hydrogen-bond donors (Lipinski definition) is 2. The first-order chi connectivity index (χ1) is 9.67. The standard InChI is InChI=1S/C15H19N3O2/c1-4-5-11-9-14(16-2)18-15(17-11)10-6-7-12(19)13(8-10)20-3/h6-9,19H,4-5H2,1-3H3,(H,16,17,18). The predicted molar refractivity (Wildman–Crippen MR) is 79.2 cm³/mol. The Hall–Kier alpha value is -2.30. The summed E-state index contributed by atoms with van der Waals surface area (Å²) >= 11 is 0. The number of nitrogens with zero attached hydrogens (tertiary/aromatic N) is 2. The summed E-state index contributed by atoms with van der Waals surface area (Å²) in [7, 11) is 3.35. The highest BCUT2D eigenvalue weighted by atomic mass is 16.5. The molecule has 0 unspecified atom stereocenters. The predicted octanol–water partition coefficient (Wildman–Crippen LogP) is 2.85. The average molecular weight is 273 g/mol. The Morgan fingerprint density at radius 3 is 2.70 bits per heavy atom. The van der Waals surface area contributed by atoms with Crippen LogP contribution in [0.1, 0.15) is 19.0 Å². The number of ether oxygens (including phenoxy) is 1. The fourth-order valence-electron chi connectivity index (χ4n) is 1.96. The highest BCUT2D eigenvalue weighted by Gasteiger charge is 2.09. The van der Waals surface area contributed by atoms with E-state index in [4.69, 9.17) is 4.74 Å². The molecule has 0 aliphatic carbocycles. The van der Waals surface area contributed by atoms with Gasteiger partial charge in [0.1, 0.15) is 5.82 Å². The van der Waals surface area contributed by atoms with Crippen LogP contribution in [0.5, 0.6) is 11.5 Å².